The van der Waals surface area contributed by atoms with Crippen molar-refractivity contribution in [2.24, 2.45) is 11.7 Å². The molecule has 0 aromatic rings. The zero-order chi connectivity index (χ0) is 12.8. The van der Waals surface area contributed by atoms with E-state index in [1.807, 2.05) is 0 Å². The van der Waals surface area contributed by atoms with Gasteiger partial charge in [0.15, 0.2) is 0 Å². The molecule has 0 radical (unpaired) electrons. The molecule has 17 heavy (non-hydrogen) atoms. The molecule has 0 amide bonds. The normalized spacial score (nSPS) is 26.1. The van der Waals surface area contributed by atoms with E-state index in [0.717, 1.165) is 12.5 Å². The first-order valence-corrected chi connectivity index (χ1v) is 7.22. The Hall–Kier alpha value is -0.120. The summed E-state index contributed by atoms with van der Waals surface area (Å²) in [5.41, 5.74) is 6.00. The van der Waals surface area contributed by atoms with Crippen LogP contribution in [0.15, 0.2) is 0 Å². The highest BCUT2D eigenvalue weighted by Gasteiger charge is 2.27. The molecule has 0 aromatic carbocycles. The Bertz CT molecular complexity index is 206. The molecule has 1 rings (SSSR count). The molecule has 0 bridgehead atoms. The van der Waals surface area contributed by atoms with Gasteiger partial charge in [-0.2, -0.15) is 0 Å². The van der Waals surface area contributed by atoms with E-state index in [0.29, 0.717) is 12.1 Å². The fraction of sp³-hybridized carbons (Fsp3) is 1.00. The van der Waals surface area contributed by atoms with E-state index < -0.39 is 0 Å². The predicted molar refractivity (Wildman–Crippen MR) is 75.2 cm³/mol. The van der Waals surface area contributed by atoms with Gasteiger partial charge in [-0.05, 0) is 38.8 Å². The summed E-state index contributed by atoms with van der Waals surface area (Å²) in [7, 11) is 2.24. The Morgan fingerprint density at radius 1 is 1.29 bits per heavy atom. The Morgan fingerprint density at radius 3 is 2.53 bits per heavy atom. The van der Waals surface area contributed by atoms with Crippen LogP contribution in [0.2, 0.25) is 0 Å². The summed E-state index contributed by atoms with van der Waals surface area (Å²) < 4.78 is 0. The Labute approximate surface area is 107 Å². The lowest BCUT2D eigenvalue weighted by Crippen LogP contribution is -2.49. The zero-order valence-electron chi connectivity index (χ0n) is 12.2. The maximum absolute atomic E-state index is 6.00. The van der Waals surface area contributed by atoms with Crippen molar-refractivity contribution in [3.8, 4) is 0 Å². The molecule has 1 saturated heterocycles. The molecule has 2 N–H and O–H groups in total. The standard InChI is InChI=1S/C14H31N3/c1-5-13-11-16(4)7-6-8-17(13)14(10-15)9-12(2)3/h12-14H,5-11,15H2,1-4H3. The largest absolute Gasteiger partial charge is 0.329 e. The fourth-order valence-electron chi connectivity index (χ4n) is 3.02. The van der Waals surface area contributed by atoms with Gasteiger partial charge in [-0.1, -0.05) is 20.8 Å². The summed E-state index contributed by atoms with van der Waals surface area (Å²) in [5, 5.41) is 0. The number of likely N-dealkylation sites (N-methyl/N-ethyl adjacent to an activating group) is 1. The third-order valence-corrected chi connectivity index (χ3v) is 3.90. The molecule has 3 nitrogen and oxygen atoms in total. The molecular formula is C14H31N3. The minimum Gasteiger partial charge on any atom is -0.329 e. The molecule has 0 aromatic heterocycles. The van der Waals surface area contributed by atoms with Crippen LogP contribution in [0.5, 0.6) is 0 Å². The van der Waals surface area contributed by atoms with Crippen LogP contribution in [-0.2, 0) is 0 Å². The van der Waals surface area contributed by atoms with E-state index in [1.54, 1.807) is 0 Å². The molecule has 1 heterocycles. The first-order chi connectivity index (χ1) is 8.08. The van der Waals surface area contributed by atoms with Crippen molar-refractivity contribution in [2.45, 2.75) is 52.1 Å². The topological polar surface area (TPSA) is 32.5 Å². The first kappa shape index (κ1) is 14.9. The Balaban J connectivity index is 2.68. The lowest BCUT2D eigenvalue weighted by atomic mass is 10.00. The van der Waals surface area contributed by atoms with Gasteiger partial charge in [0.2, 0.25) is 0 Å². The van der Waals surface area contributed by atoms with Crippen LogP contribution in [0.1, 0.15) is 40.0 Å². The molecule has 2 atom stereocenters. The van der Waals surface area contributed by atoms with E-state index in [1.165, 1.54) is 38.9 Å². The number of nitrogens with zero attached hydrogens (tertiary/aromatic N) is 2. The van der Waals surface area contributed by atoms with E-state index in [9.17, 15) is 0 Å². The lowest BCUT2D eigenvalue weighted by molar-refractivity contribution is 0.117. The van der Waals surface area contributed by atoms with Gasteiger partial charge in [0.05, 0.1) is 0 Å². The second-order valence-electron chi connectivity index (χ2n) is 5.93. The van der Waals surface area contributed by atoms with E-state index in [-0.39, 0.29) is 0 Å². The number of rotatable bonds is 5. The van der Waals surface area contributed by atoms with Crippen molar-refractivity contribution < 1.29 is 0 Å². The van der Waals surface area contributed by atoms with E-state index in [4.69, 9.17) is 5.73 Å². The molecule has 1 aliphatic heterocycles. The second-order valence-corrected chi connectivity index (χ2v) is 5.93. The molecule has 2 unspecified atom stereocenters. The zero-order valence-corrected chi connectivity index (χ0v) is 12.2. The summed E-state index contributed by atoms with van der Waals surface area (Å²) in [5.74, 6) is 0.738. The number of hydrogen-bond donors (Lipinski definition) is 1. The van der Waals surface area contributed by atoms with Crippen molar-refractivity contribution in [3.63, 3.8) is 0 Å². The third kappa shape index (κ3) is 4.57. The molecular weight excluding hydrogens is 210 g/mol. The van der Waals surface area contributed by atoms with Crippen LogP contribution < -0.4 is 5.73 Å². The van der Waals surface area contributed by atoms with Crippen molar-refractivity contribution >= 4 is 0 Å². The average Bonchev–Trinajstić information content (AvgIpc) is 2.47. The van der Waals surface area contributed by atoms with Crippen molar-refractivity contribution in [3.05, 3.63) is 0 Å². The quantitative estimate of drug-likeness (QED) is 0.796. The highest BCUT2D eigenvalue weighted by Crippen LogP contribution is 2.19. The van der Waals surface area contributed by atoms with Crippen LogP contribution >= 0.6 is 0 Å². The van der Waals surface area contributed by atoms with Gasteiger partial charge in [0.1, 0.15) is 0 Å². The molecule has 1 fully saturated rings. The fourth-order valence-corrected chi connectivity index (χ4v) is 3.02. The highest BCUT2D eigenvalue weighted by molar-refractivity contribution is 4.84. The van der Waals surface area contributed by atoms with Crippen LogP contribution in [0.3, 0.4) is 0 Å². The maximum atomic E-state index is 6.00. The number of nitrogens with two attached hydrogens (primary N) is 1. The van der Waals surface area contributed by atoms with E-state index >= 15 is 0 Å². The minimum absolute atomic E-state index is 0.575. The minimum atomic E-state index is 0.575. The predicted octanol–water partition coefficient (Wildman–Crippen LogP) is 1.78. The summed E-state index contributed by atoms with van der Waals surface area (Å²) in [6.07, 6.45) is 3.75. The van der Waals surface area contributed by atoms with Crippen molar-refractivity contribution in [2.75, 3.05) is 33.2 Å². The Morgan fingerprint density at radius 2 is 2.00 bits per heavy atom. The molecule has 3 heteroatoms. The van der Waals surface area contributed by atoms with Gasteiger partial charge in [-0.3, -0.25) is 4.90 Å². The third-order valence-electron chi connectivity index (χ3n) is 3.90. The van der Waals surface area contributed by atoms with Crippen LogP contribution in [-0.4, -0.2) is 55.1 Å². The van der Waals surface area contributed by atoms with Gasteiger partial charge in [-0.15, -0.1) is 0 Å². The van der Waals surface area contributed by atoms with Gasteiger partial charge < -0.3 is 10.6 Å². The SMILES string of the molecule is CCC1CN(C)CCCN1C(CN)CC(C)C. The van der Waals surface area contributed by atoms with Crippen molar-refractivity contribution in [1.82, 2.24) is 9.80 Å². The van der Waals surface area contributed by atoms with Gasteiger partial charge in [0.25, 0.3) is 0 Å². The Kier molecular flexibility index (Phi) is 6.45. The highest BCUT2D eigenvalue weighted by atomic mass is 15.3. The summed E-state index contributed by atoms with van der Waals surface area (Å²) in [4.78, 5) is 5.15. The maximum Gasteiger partial charge on any atom is 0.0224 e. The van der Waals surface area contributed by atoms with Gasteiger partial charge in [0, 0.05) is 31.7 Å². The first-order valence-electron chi connectivity index (χ1n) is 7.22. The molecule has 0 spiro atoms. The van der Waals surface area contributed by atoms with E-state index in [2.05, 4.69) is 37.6 Å². The molecule has 102 valence electrons. The van der Waals surface area contributed by atoms with Gasteiger partial charge in [-0.25, -0.2) is 0 Å². The summed E-state index contributed by atoms with van der Waals surface area (Å²) >= 11 is 0. The van der Waals surface area contributed by atoms with Crippen LogP contribution in [0.25, 0.3) is 0 Å². The second kappa shape index (κ2) is 7.34. The van der Waals surface area contributed by atoms with Crippen molar-refractivity contribution in [1.29, 1.82) is 0 Å². The summed E-state index contributed by atoms with van der Waals surface area (Å²) in [6.45, 7) is 11.4. The molecule has 1 aliphatic rings. The van der Waals surface area contributed by atoms with Crippen LogP contribution in [0.4, 0.5) is 0 Å². The average molecular weight is 241 g/mol. The molecule has 0 aliphatic carbocycles. The molecule has 0 saturated carbocycles. The van der Waals surface area contributed by atoms with Crippen LogP contribution in [0, 0.1) is 5.92 Å². The monoisotopic (exact) mass is 241 g/mol. The van der Waals surface area contributed by atoms with Gasteiger partial charge >= 0.3 is 0 Å². The smallest absolute Gasteiger partial charge is 0.0224 e. The number of hydrogen-bond acceptors (Lipinski definition) is 3. The summed E-state index contributed by atoms with van der Waals surface area (Å²) in [6, 6.07) is 1.27. The lowest BCUT2D eigenvalue weighted by Gasteiger charge is -2.37.